The molecule has 0 saturated heterocycles. The zero-order chi connectivity index (χ0) is 93.0. The highest BCUT2D eigenvalue weighted by atomic mass is 15.0. The lowest BCUT2D eigenvalue weighted by atomic mass is 9.83. The third-order valence-corrected chi connectivity index (χ3v) is 29.5. The maximum atomic E-state index is 2.40. The van der Waals surface area contributed by atoms with E-state index in [1.54, 1.807) is 0 Å². The van der Waals surface area contributed by atoms with Crippen LogP contribution in [-0.2, 0) is 0 Å². The summed E-state index contributed by atoms with van der Waals surface area (Å²) in [7, 11) is 0. The molecule has 29 aromatic rings. The summed E-state index contributed by atoms with van der Waals surface area (Å²) in [5.74, 6) is 0. The second kappa shape index (κ2) is 34.4. The minimum absolute atomic E-state index is 1.17. The van der Waals surface area contributed by atoms with Gasteiger partial charge in [0.25, 0.3) is 0 Å². The third kappa shape index (κ3) is 14.2. The number of benzene rings is 28. The fraction of sp³-hybridized carbons (Fsp3) is 0. The SMILES string of the molecule is c1ccc(-c2c3ccccc3c(-c3ccc4ccc(-c5cccc6c5c5ccccc5n6-c5ccccc5)cc4c3)c3ccccc23)cc1.c1ccc2cc(-c3ccc4ccc(-c5c6ccccc6c(-c6cc7ccccc7c7ccccc67)c6ccccc56)cc4c3)ccc2c1.c1ccc2cc(-c3ccc4ccc(-c5c6ccccc6c(-c6cccc7ccccc67)c6ccccc56)cc4c3)ccc2c1. The molecule has 0 unspecified atom stereocenters. The van der Waals surface area contributed by atoms with Gasteiger partial charge in [-0.3, -0.25) is 0 Å². The van der Waals surface area contributed by atoms with Crippen LogP contribution in [0.3, 0.4) is 0 Å². The summed E-state index contributed by atoms with van der Waals surface area (Å²) in [6.45, 7) is 0. The first-order valence-corrected chi connectivity index (χ1v) is 48.9. The minimum Gasteiger partial charge on any atom is -0.309 e. The van der Waals surface area contributed by atoms with Gasteiger partial charge in [0.1, 0.15) is 0 Å². The number of hydrogen-bond acceptors (Lipinski definition) is 0. The van der Waals surface area contributed by atoms with E-state index in [0.29, 0.717) is 0 Å². The molecule has 0 radical (unpaired) electrons. The predicted molar refractivity (Wildman–Crippen MR) is 608 cm³/mol. The van der Waals surface area contributed by atoms with Gasteiger partial charge < -0.3 is 4.57 Å². The molecule has 654 valence electrons. The Morgan fingerprint density at radius 3 is 0.823 bits per heavy atom. The van der Waals surface area contributed by atoms with Crippen molar-refractivity contribution in [3.8, 4) is 106 Å². The molecular weight excluding hydrogens is 1700 g/mol. The molecule has 0 bridgehead atoms. The zero-order valence-electron chi connectivity index (χ0n) is 77.3. The second-order valence-electron chi connectivity index (χ2n) is 37.4. The molecular formula is C140H89N. The summed E-state index contributed by atoms with van der Waals surface area (Å²) >= 11 is 0. The van der Waals surface area contributed by atoms with Gasteiger partial charge in [-0.05, 0) is 330 Å². The molecule has 1 nitrogen and oxygen atoms in total. The minimum atomic E-state index is 1.17. The highest BCUT2D eigenvalue weighted by Crippen LogP contribution is 2.52. The van der Waals surface area contributed by atoms with E-state index in [0.717, 1.165) is 0 Å². The van der Waals surface area contributed by atoms with E-state index in [1.165, 1.54) is 278 Å². The van der Waals surface area contributed by atoms with Crippen LogP contribution in [0.4, 0.5) is 0 Å². The van der Waals surface area contributed by atoms with Gasteiger partial charge in [0.05, 0.1) is 11.0 Å². The fourth-order valence-electron chi connectivity index (χ4n) is 23.1. The van der Waals surface area contributed by atoms with Crippen molar-refractivity contribution in [3.63, 3.8) is 0 Å². The Morgan fingerprint density at radius 1 is 0.106 bits per heavy atom. The number of rotatable bonds is 10. The Morgan fingerprint density at radius 2 is 0.376 bits per heavy atom. The van der Waals surface area contributed by atoms with Gasteiger partial charge in [0, 0.05) is 16.5 Å². The van der Waals surface area contributed by atoms with E-state index >= 15 is 0 Å². The molecule has 0 amide bonds. The van der Waals surface area contributed by atoms with Crippen LogP contribution in [0.25, 0.3) is 278 Å². The second-order valence-corrected chi connectivity index (χ2v) is 37.4. The van der Waals surface area contributed by atoms with E-state index in [4.69, 9.17) is 0 Å². The Labute approximate surface area is 816 Å². The predicted octanol–water partition coefficient (Wildman–Crippen LogP) is 39.3. The Kier molecular flexibility index (Phi) is 20.1. The fourth-order valence-corrected chi connectivity index (χ4v) is 23.1. The molecule has 0 atom stereocenters. The molecule has 0 N–H and O–H groups in total. The van der Waals surface area contributed by atoms with E-state index in [9.17, 15) is 0 Å². The van der Waals surface area contributed by atoms with Crippen LogP contribution in [-0.4, -0.2) is 4.57 Å². The van der Waals surface area contributed by atoms with Crippen LogP contribution in [0.5, 0.6) is 0 Å². The number of hydrogen-bond donors (Lipinski definition) is 0. The van der Waals surface area contributed by atoms with Crippen LogP contribution >= 0.6 is 0 Å². The highest BCUT2D eigenvalue weighted by molar-refractivity contribution is 6.29. The van der Waals surface area contributed by atoms with E-state index in [-0.39, 0.29) is 0 Å². The van der Waals surface area contributed by atoms with Crippen molar-refractivity contribution in [1.29, 1.82) is 0 Å². The lowest BCUT2D eigenvalue weighted by Gasteiger charge is -2.20. The average Bonchev–Trinajstić information content (AvgIpc) is 1.48. The normalized spacial score (nSPS) is 11.7. The largest absolute Gasteiger partial charge is 0.309 e. The van der Waals surface area contributed by atoms with Gasteiger partial charge >= 0.3 is 0 Å². The molecule has 1 heterocycles. The van der Waals surface area contributed by atoms with E-state index in [1.807, 2.05) is 0 Å². The summed E-state index contributed by atoms with van der Waals surface area (Å²) in [4.78, 5) is 0. The summed E-state index contributed by atoms with van der Waals surface area (Å²) in [5.41, 5.74) is 26.3. The van der Waals surface area contributed by atoms with Crippen molar-refractivity contribution in [1.82, 2.24) is 4.57 Å². The van der Waals surface area contributed by atoms with Crippen molar-refractivity contribution in [2.24, 2.45) is 0 Å². The van der Waals surface area contributed by atoms with Gasteiger partial charge in [-0.1, -0.05) is 461 Å². The average molecular weight is 1790 g/mol. The van der Waals surface area contributed by atoms with Gasteiger partial charge in [-0.15, -0.1) is 0 Å². The molecule has 141 heavy (non-hydrogen) atoms. The number of nitrogens with zero attached hydrogens (tertiary/aromatic N) is 1. The molecule has 0 aliphatic heterocycles. The molecule has 1 heteroatoms. The zero-order valence-corrected chi connectivity index (χ0v) is 77.3. The molecule has 0 spiro atoms. The molecule has 0 aliphatic carbocycles. The summed E-state index contributed by atoms with van der Waals surface area (Å²) in [6, 6.07) is 198. The Hall–Kier alpha value is -18.4. The van der Waals surface area contributed by atoms with Crippen LogP contribution in [0.15, 0.2) is 540 Å². The van der Waals surface area contributed by atoms with Gasteiger partial charge in [-0.25, -0.2) is 0 Å². The first-order valence-electron chi connectivity index (χ1n) is 48.9. The maximum Gasteiger partial charge on any atom is 0.0547 e. The number of fused-ring (bicyclic) bond motifs is 18. The molecule has 28 aromatic carbocycles. The van der Waals surface area contributed by atoms with Crippen LogP contribution < -0.4 is 0 Å². The van der Waals surface area contributed by atoms with Gasteiger partial charge in [0.15, 0.2) is 0 Å². The Balaban J connectivity index is 0.000000106. The van der Waals surface area contributed by atoms with Crippen molar-refractivity contribution in [3.05, 3.63) is 540 Å². The van der Waals surface area contributed by atoms with Crippen LogP contribution in [0.1, 0.15) is 0 Å². The smallest absolute Gasteiger partial charge is 0.0547 e. The van der Waals surface area contributed by atoms with Crippen LogP contribution in [0.2, 0.25) is 0 Å². The summed E-state index contributed by atoms with van der Waals surface area (Å²) in [6.07, 6.45) is 0. The monoisotopic (exact) mass is 1780 g/mol. The maximum absolute atomic E-state index is 2.40. The van der Waals surface area contributed by atoms with Crippen molar-refractivity contribution in [2.75, 3.05) is 0 Å². The summed E-state index contributed by atoms with van der Waals surface area (Å²) in [5, 5.41) is 38.1. The Bertz CT molecular complexity index is 9960. The number of para-hydroxylation sites is 2. The molecule has 0 saturated carbocycles. The molecule has 1 aromatic heterocycles. The number of aromatic nitrogens is 1. The van der Waals surface area contributed by atoms with Gasteiger partial charge in [0.2, 0.25) is 0 Å². The first kappa shape index (κ1) is 82.1. The molecule has 0 aliphatic rings. The molecule has 0 fully saturated rings. The highest BCUT2D eigenvalue weighted by Gasteiger charge is 2.25. The summed E-state index contributed by atoms with van der Waals surface area (Å²) < 4.78 is 2.39. The topological polar surface area (TPSA) is 4.93 Å². The quantitative estimate of drug-likeness (QED) is 0.0950. The van der Waals surface area contributed by atoms with Crippen molar-refractivity contribution < 1.29 is 0 Å². The van der Waals surface area contributed by atoms with E-state index < -0.39 is 0 Å². The van der Waals surface area contributed by atoms with Gasteiger partial charge in [-0.2, -0.15) is 0 Å². The lowest BCUT2D eigenvalue weighted by molar-refractivity contribution is 1.18. The van der Waals surface area contributed by atoms with Crippen LogP contribution in [0, 0.1) is 0 Å². The third-order valence-electron chi connectivity index (χ3n) is 29.5. The van der Waals surface area contributed by atoms with Crippen molar-refractivity contribution >= 4 is 173 Å². The lowest BCUT2D eigenvalue weighted by Crippen LogP contribution is -1.92. The van der Waals surface area contributed by atoms with E-state index in [2.05, 4.69) is 544 Å². The van der Waals surface area contributed by atoms with Crippen molar-refractivity contribution in [2.45, 2.75) is 0 Å². The standard InChI is InChI=1S/C48H31N.C48H30.C44H28/c1-3-14-33(15-4-1)46-39-18-7-9-20-41(39)47(42-21-10-8-19-40(42)46)35-29-27-32-26-28-34(30-36(32)31-35)38-23-13-25-45-48(38)43-22-11-12-24-44(43)49(45)37-16-5-2-6-17-37;1-2-12-33-27-34(24-21-31(33)11-1)35-25-22-32-23-26-37(29-38(32)28-35)47-42-17-7-9-19-44(42)48(45-20-10-8-18-43(45)47)46-30-36-13-3-4-14-39(36)40-15-5-6-16-41(40)46;1-2-12-32-26-33(23-20-29(32)10-1)34-24-21-30-22-25-35(28-36(30)27-34)43-39-15-5-7-17-41(39)44(42-18-8-6-16-40(42)43)38-19-9-13-31-11-3-4-14-37(31)38/h1-31H;1-30H;1-28H. The molecule has 29 rings (SSSR count). The first-order chi connectivity index (χ1) is 69.9.